The number of fused-ring (bicyclic) bond motifs is 1. The zero-order valence-corrected chi connectivity index (χ0v) is 14.5. The van der Waals surface area contributed by atoms with Gasteiger partial charge in [-0.3, -0.25) is 4.79 Å². The lowest BCUT2D eigenvalue weighted by molar-refractivity contribution is 0.0976. The summed E-state index contributed by atoms with van der Waals surface area (Å²) in [4.78, 5) is 14.7. The summed E-state index contributed by atoms with van der Waals surface area (Å²) in [6, 6.07) is 8.15. The smallest absolute Gasteiger partial charge is 0.162 e. The molecule has 1 saturated heterocycles. The maximum absolute atomic E-state index is 12.9. The summed E-state index contributed by atoms with van der Waals surface area (Å²) in [5.41, 5.74) is 2.14. The van der Waals surface area contributed by atoms with Gasteiger partial charge in [0.2, 0.25) is 0 Å². The summed E-state index contributed by atoms with van der Waals surface area (Å²) in [5, 5.41) is 4.47. The number of likely N-dealkylation sites (tertiary alicyclic amines) is 1. The Morgan fingerprint density at radius 1 is 1.21 bits per heavy atom. The molecular weight excluding hydrogens is 321 g/mol. The topological polar surface area (TPSA) is 20.3 Å². The number of carbonyl (C=O) groups is 1. The number of hydrogen-bond acceptors (Lipinski definition) is 3. The van der Waals surface area contributed by atoms with E-state index >= 15 is 0 Å². The van der Waals surface area contributed by atoms with Crippen LogP contribution in [0, 0.1) is 17.7 Å². The largest absolute Gasteiger partial charge is 0.303 e. The van der Waals surface area contributed by atoms with Gasteiger partial charge < -0.3 is 4.90 Å². The Kier molecular flexibility index (Phi) is 4.51. The summed E-state index contributed by atoms with van der Waals surface area (Å²) in [5.74, 6) is 2.25. The van der Waals surface area contributed by atoms with Gasteiger partial charge in [0.25, 0.3) is 0 Å². The summed E-state index contributed by atoms with van der Waals surface area (Å²) in [6.07, 6.45) is 2.76. The molecule has 3 atom stereocenters. The number of benzene rings is 1. The van der Waals surface area contributed by atoms with Crippen LogP contribution in [0.3, 0.4) is 0 Å². The van der Waals surface area contributed by atoms with Crippen molar-refractivity contribution in [3.05, 3.63) is 58.0 Å². The van der Waals surface area contributed by atoms with Crippen LogP contribution in [0.25, 0.3) is 0 Å². The second-order valence-electron chi connectivity index (χ2n) is 7.12. The predicted octanol–water partition coefficient (Wildman–Crippen LogP) is 4.59. The number of nitrogens with zero attached hydrogens (tertiary/aromatic N) is 1. The first-order valence-corrected chi connectivity index (χ1v) is 9.68. The van der Waals surface area contributed by atoms with Crippen LogP contribution in [0.5, 0.6) is 0 Å². The van der Waals surface area contributed by atoms with Crippen LogP contribution in [0.1, 0.15) is 41.1 Å². The molecule has 0 radical (unpaired) electrons. The quantitative estimate of drug-likeness (QED) is 0.715. The van der Waals surface area contributed by atoms with Crippen LogP contribution >= 0.6 is 11.3 Å². The third-order valence-electron chi connectivity index (χ3n) is 5.66. The van der Waals surface area contributed by atoms with Crippen LogP contribution < -0.4 is 0 Å². The minimum Gasteiger partial charge on any atom is -0.303 e. The molecule has 2 heterocycles. The van der Waals surface area contributed by atoms with E-state index in [2.05, 4.69) is 21.7 Å². The second kappa shape index (κ2) is 6.77. The number of ketones is 1. The van der Waals surface area contributed by atoms with E-state index in [0.717, 1.165) is 30.7 Å². The average molecular weight is 343 g/mol. The zero-order valence-electron chi connectivity index (χ0n) is 13.7. The first kappa shape index (κ1) is 16.0. The highest BCUT2D eigenvalue weighted by Gasteiger charge is 2.47. The summed E-state index contributed by atoms with van der Waals surface area (Å²) < 4.78 is 12.9. The van der Waals surface area contributed by atoms with Crippen molar-refractivity contribution in [2.75, 3.05) is 19.6 Å². The third kappa shape index (κ3) is 3.17. The third-order valence-corrected chi connectivity index (χ3v) is 6.36. The van der Waals surface area contributed by atoms with E-state index in [1.54, 1.807) is 23.5 Å². The van der Waals surface area contributed by atoms with Crippen molar-refractivity contribution < 1.29 is 9.18 Å². The van der Waals surface area contributed by atoms with Gasteiger partial charge in [0.1, 0.15) is 5.82 Å². The molecule has 4 heteroatoms. The normalized spacial score (nSPS) is 26.1. The molecule has 2 aromatic rings. The van der Waals surface area contributed by atoms with Gasteiger partial charge in [0, 0.05) is 25.1 Å². The Bertz CT molecular complexity index is 697. The highest BCUT2D eigenvalue weighted by Crippen LogP contribution is 2.51. The van der Waals surface area contributed by atoms with Crippen molar-refractivity contribution in [1.29, 1.82) is 0 Å². The number of halogens is 1. The highest BCUT2D eigenvalue weighted by molar-refractivity contribution is 7.08. The highest BCUT2D eigenvalue weighted by atomic mass is 32.1. The van der Waals surface area contributed by atoms with Crippen molar-refractivity contribution >= 4 is 17.1 Å². The van der Waals surface area contributed by atoms with Crippen LogP contribution in [-0.2, 0) is 0 Å². The lowest BCUT2D eigenvalue weighted by atomic mass is 9.64. The molecule has 3 unspecified atom stereocenters. The average Bonchev–Trinajstić information content (AvgIpc) is 3.19. The van der Waals surface area contributed by atoms with Gasteiger partial charge in [-0.1, -0.05) is 0 Å². The lowest BCUT2D eigenvalue weighted by Crippen LogP contribution is -2.33. The predicted molar refractivity (Wildman–Crippen MR) is 95.1 cm³/mol. The molecule has 2 nitrogen and oxygen atoms in total. The van der Waals surface area contributed by atoms with Gasteiger partial charge in [-0.25, -0.2) is 4.39 Å². The van der Waals surface area contributed by atoms with Gasteiger partial charge in [-0.05, 0) is 83.8 Å². The second-order valence-corrected chi connectivity index (χ2v) is 7.90. The summed E-state index contributed by atoms with van der Waals surface area (Å²) >= 11 is 1.79. The first-order valence-electron chi connectivity index (χ1n) is 8.74. The van der Waals surface area contributed by atoms with Crippen molar-refractivity contribution in [3.63, 3.8) is 0 Å². The number of hydrogen-bond donors (Lipinski definition) is 0. The molecule has 2 fully saturated rings. The molecule has 1 saturated carbocycles. The number of thiophene rings is 1. The molecule has 1 aliphatic heterocycles. The number of carbonyl (C=O) groups excluding carboxylic acids is 1. The van der Waals surface area contributed by atoms with E-state index in [4.69, 9.17) is 0 Å². The molecular formula is C20H22FNOS. The monoisotopic (exact) mass is 343 g/mol. The Morgan fingerprint density at radius 3 is 2.79 bits per heavy atom. The van der Waals surface area contributed by atoms with E-state index in [1.807, 2.05) is 0 Å². The molecule has 0 bridgehead atoms. The van der Waals surface area contributed by atoms with E-state index in [0.29, 0.717) is 12.0 Å². The van der Waals surface area contributed by atoms with Gasteiger partial charge in [-0.15, -0.1) is 0 Å². The maximum atomic E-state index is 12.9. The van der Waals surface area contributed by atoms with Gasteiger partial charge in [0.15, 0.2) is 5.78 Å². The van der Waals surface area contributed by atoms with Crippen LogP contribution in [-0.4, -0.2) is 30.3 Å². The molecule has 1 aromatic heterocycles. The van der Waals surface area contributed by atoms with E-state index in [1.165, 1.54) is 37.2 Å². The van der Waals surface area contributed by atoms with E-state index < -0.39 is 0 Å². The molecule has 4 rings (SSSR count). The Labute approximate surface area is 146 Å². The Balaban J connectivity index is 1.23. The van der Waals surface area contributed by atoms with Gasteiger partial charge >= 0.3 is 0 Å². The SMILES string of the molecule is O=C(CCCN1CC2CC(c3ccsc3)C2C1)c1ccc(F)cc1. The van der Waals surface area contributed by atoms with Crippen molar-refractivity contribution in [2.24, 2.45) is 11.8 Å². The standard InChI is InChI=1S/C20H22FNOS/c21-17-5-3-14(4-6-17)20(23)2-1-8-22-11-16-10-18(19(16)12-22)15-7-9-24-13-15/h3-7,9,13,16,18-19H,1-2,8,10-12H2. The Hall–Kier alpha value is -1.52. The van der Waals surface area contributed by atoms with Gasteiger partial charge in [0.05, 0.1) is 0 Å². The zero-order chi connectivity index (χ0) is 16.5. The number of rotatable bonds is 6. The molecule has 0 spiro atoms. The molecule has 0 amide bonds. The molecule has 0 N–H and O–H groups in total. The van der Waals surface area contributed by atoms with Crippen LogP contribution in [0.15, 0.2) is 41.1 Å². The van der Waals surface area contributed by atoms with E-state index in [-0.39, 0.29) is 11.6 Å². The lowest BCUT2D eigenvalue weighted by Gasteiger charge is -2.39. The van der Waals surface area contributed by atoms with Crippen molar-refractivity contribution in [1.82, 2.24) is 4.90 Å². The fourth-order valence-electron chi connectivity index (χ4n) is 4.29. The van der Waals surface area contributed by atoms with Crippen LogP contribution in [0.4, 0.5) is 4.39 Å². The van der Waals surface area contributed by atoms with Gasteiger partial charge in [-0.2, -0.15) is 11.3 Å². The molecule has 24 heavy (non-hydrogen) atoms. The fraction of sp³-hybridized carbons (Fsp3) is 0.450. The Morgan fingerprint density at radius 2 is 2.04 bits per heavy atom. The minimum absolute atomic E-state index is 0.119. The minimum atomic E-state index is -0.292. The summed E-state index contributed by atoms with van der Waals surface area (Å²) in [7, 11) is 0. The van der Waals surface area contributed by atoms with Crippen molar-refractivity contribution in [3.8, 4) is 0 Å². The fourth-order valence-corrected chi connectivity index (χ4v) is 5.02. The maximum Gasteiger partial charge on any atom is 0.162 e. The molecule has 1 aliphatic carbocycles. The molecule has 2 aliphatic rings. The first-order chi connectivity index (χ1) is 11.7. The number of Topliss-reactive ketones (excluding diaryl/α,β-unsaturated/α-hetero) is 1. The summed E-state index contributed by atoms with van der Waals surface area (Å²) in [6.45, 7) is 3.36. The van der Waals surface area contributed by atoms with Crippen molar-refractivity contribution in [2.45, 2.75) is 25.2 Å². The van der Waals surface area contributed by atoms with Crippen LogP contribution in [0.2, 0.25) is 0 Å². The molecule has 1 aromatic carbocycles. The molecule has 126 valence electrons. The van der Waals surface area contributed by atoms with E-state index in [9.17, 15) is 9.18 Å².